The molecule has 9 heteroatoms. The van der Waals surface area contributed by atoms with Crippen LogP contribution in [0, 0.1) is 5.82 Å². The van der Waals surface area contributed by atoms with Crippen molar-refractivity contribution in [1.82, 2.24) is 0 Å². The number of sulfone groups is 1. The van der Waals surface area contributed by atoms with E-state index in [2.05, 4.69) is 0 Å². The van der Waals surface area contributed by atoms with Gasteiger partial charge in [-0.1, -0.05) is 0 Å². The van der Waals surface area contributed by atoms with E-state index in [1.807, 2.05) is 0 Å². The third kappa shape index (κ3) is 3.97. The third-order valence-corrected chi connectivity index (χ3v) is 5.38. The van der Waals surface area contributed by atoms with Crippen LogP contribution in [-0.4, -0.2) is 33.4 Å². The number of anilines is 1. The Morgan fingerprint density at radius 2 is 1.87 bits per heavy atom. The molecule has 0 aliphatic carbocycles. The molecule has 2 N–H and O–H groups in total. The Balaban J connectivity index is 2.43. The summed E-state index contributed by atoms with van der Waals surface area (Å²) in [4.78, 5) is 12.6. The van der Waals surface area contributed by atoms with Gasteiger partial charge in [0.1, 0.15) is 27.6 Å². The number of ether oxygens (including phenoxy) is 2. The lowest BCUT2D eigenvalue weighted by Crippen LogP contribution is -2.12. The molecule has 0 atom stereocenters. The van der Waals surface area contributed by atoms with Crippen LogP contribution >= 0.6 is 0 Å². The van der Waals surface area contributed by atoms with E-state index < -0.39 is 21.6 Å². The van der Waals surface area contributed by atoms with Crippen LogP contribution in [0.4, 0.5) is 10.1 Å². The summed E-state index contributed by atoms with van der Waals surface area (Å²) in [6, 6.07) is 6.59. The first-order chi connectivity index (χ1) is 14.0. The summed E-state index contributed by atoms with van der Waals surface area (Å²) in [5.74, 6) is -1.13. The van der Waals surface area contributed by atoms with Gasteiger partial charge < -0.3 is 19.6 Å². The van der Waals surface area contributed by atoms with E-state index in [4.69, 9.17) is 19.6 Å². The first-order valence-corrected chi connectivity index (χ1v) is 11.1. The Hall–Kier alpha value is -3.07. The highest BCUT2D eigenvalue weighted by atomic mass is 32.2. The van der Waals surface area contributed by atoms with Gasteiger partial charge in [-0.25, -0.2) is 17.6 Å². The van der Waals surface area contributed by atoms with Crippen LogP contribution in [0.25, 0.3) is 22.3 Å². The van der Waals surface area contributed by atoms with Crippen molar-refractivity contribution >= 4 is 32.5 Å². The highest BCUT2D eigenvalue weighted by Crippen LogP contribution is 2.44. The Bertz CT molecular complexity index is 1210. The Kier molecular flexibility index (Phi) is 5.76. The van der Waals surface area contributed by atoms with E-state index in [0.29, 0.717) is 5.56 Å². The fraction of sp³-hybridized carbons (Fsp3) is 0.286. The quantitative estimate of drug-likeness (QED) is 0.457. The Labute approximate surface area is 173 Å². The molecule has 0 aliphatic heterocycles. The standard InChI is InChI=1S/C21H22FNO6S/c1-5-27-21(24)17-16-14(29-19(17)12-6-8-13(22)9-7-12)10-15(30(4,25)26)20(18(16)23)28-11(2)3/h6-11H,5,23H2,1-4H3. The van der Waals surface area contributed by atoms with Gasteiger partial charge in [0.2, 0.25) is 0 Å². The predicted molar refractivity (Wildman–Crippen MR) is 111 cm³/mol. The van der Waals surface area contributed by atoms with E-state index in [1.54, 1.807) is 20.8 Å². The molecule has 0 fully saturated rings. The lowest BCUT2D eigenvalue weighted by molar-refractivity contribution is 0.0528. The van der Waals surface area contributed by atoms with E-state index in [-0.39, 0.29) is 51.3 Å². The molecule has 1 aromatic heterocycles. The van der Waals surface area contributed by atoms with Gasteiger partial charge in [-0.3, -0.25) is 0 Å². The van der Waals surface area contributed by atoms with Crippen LogP contribution < -0.4 is 10.5 Å². The molecule has 0 aliphatic rings. The number of carbonyl (C=O) groups excluding carboxylic acids is 1. The summed E-state index contributed by atoms with van der Waals surface area (Å²) in [7, 11) is -3.73. The van der Waals surface area contributed by atoms with E-state index in [1.165, 1.54) is 30.3 Å². The van der Waals surface area contributed by atoms with Crippen molar-refractivity contribution in [3.63, 3.8) is 0 Å². The van der Waals surface area contributed by atoms with Crippen molar-refractivity contribution in [2.75, 3.05) is 18.6 Å². The zero-order valence-corrected chi connectivity index (χ0v) is 17.8. The molecular formula is C21H22FNO6S. The van der Waals surface area contributed by atoms with Crippen LogP contribution in [0.5, 0.6) is 5.75 Å². The number of fused-ring (bicyclic) bond motifs is 1. The van der Waals surface area contributed by atoms with E-state index in [0.717, 1.165) is 6.26 Å². The maximum absolute atomic E-state index is 13.4. The van der Waals surface area contributed by atoms with Crippen LogP contribution in [0.3, 0.4) is 0 Å². The molecule has 3 aromatic rings. The van der Waals surface area contributed by atoms with Crippen molar-refractivity contribution in [2.24, 2.45) is 0 Å². The zero-order chi connectivity index (χ0) is 22.2. The predicted octanol–water partition coefficient (Wildman–Crippen LogP) is 4.19. The molecule has 2 aromatic carbocycles. The highest BCUT2D eigenvalue weighted by Gasteiger charge is 2.30. The number of nitrogen functional groups attached to an aromatic ring is 1. The molecule has 0 bridgehead atoms. The molecule has 1 heterocycles. The zero-order valence-electron chi connectivity index (χ0n) is 17.0. The first-order valence-electron chi connectivity index (χ1n) is 9.23. The van der Waals surface area contributed by atoms with Crippen LogP contribution in [0.1, 0.15) is 31.1 Å². The van der Waals surface area contributed by atoms with Crippen molar-refractivity contribution in [3.05, 3.63) is 41.7 Å². The molecule has 3 rings (SSSR count). The van der Waals surface area contributed by atoms with Crippen molar-refractivity contribution in [3.8, 4) is 17.1 Å². The molecule has 0 amide bonds. The number of hydrogen-bond acceptors (Lipinski definition) is 7. The maximum Gasteiger partial charge on any atom is 0.342 e. The maximum atomic E-state index is 13.4. The lowest BCUT2D eigenvalue weighted by Gasteiger charge is -2.16. The van der Waals surface area contributed by atoms with E-state index in [9.17, 15) is 17.6 Å². The summed E-state index contributed by atoms with van der Waals surface area (Å²) in [6.45, 7) is 5.20. The molecule has 160 valence electrons. The molecule has 0 unspecified atom stereocenters. The number of carbonyl (C=O) groups is 1. The Morgan fingerprint density at radius 1 is 1.23 bits per heavy atom. The second-order valence-corrected chi connectivity index (χ2v) is 8.95. The minimum absolute atomic E-state index is 0.0182. The summed E-state index contributed by atoms with van der Waals surface area (Å²) < 4.78 is 54.8. The van der Waals surface area contributed by atoms with Crippen LogP contribution in [0.2, 0.25) is 0 Å². The van der Waals surface area contributed by atoms with Crippen molar-refractivity contribution < 1.29 is 31.5 Å². The number of nitrogens with two attached hydrogens (primary N) is 1. The van der Waals surface area contributed by atoms with Gasteiger partial charge in [-0.2, -0.15) is 0 Å². The minimum Gasteiger partial charge on any atom is -0.487 e. The van der Waals surface area contributed by atoms with Crippen LogP contribution in [0.15, 0.2) is 39.6 Å². The first kappa shape index (κ1) is 21.6. The van der Waals surface area contributed by atoms with Crippen molar-refractivity contribution in [2.45, 2.75) is 31.8 Å². The van der Waals surface area contributed by atoms with Gasteiger partial charge in [-0.05, 0) is 45.0 Å². The average molecular weight is 435 g/mol. The van der Waals surface area contributed by atoms with Gasteiger partial charge in [-0.15, -0.1) is 0 Å². The topological polar surface area (TPSA) is 109 Å². The fourth-order valence-corrected chi connectivity index (χ4v) is 3.90. The van der Waals surface area contributed by atoms with Crippen molar-refractivity contribution in [1.29, 1.82) is 0 Å². The molecule has 0 radical (unpaired) electrons. The summed E-state index contributed by atoms with van der Waals surface area (Å²) >= 11 is 0. The molecule has 30 heavy (non-hydrogen) atoms. The number of rotatable bonds is 6. The van der Waals surface area contributed by atoms with Crippen LogP contribution in [-0.2, 0) is 14.6 Å². The molecule has 0 saturated carbocycles. The number of hydrogen-bond donors (Lipinski definition) is 1. The minimum atomic E-state index is -3.73. The smallest absolute Gasteiger partial charge is 0.342 e. The SMILES string of the molecule is CCOC(=O)c1c(-c2ccc(F)cc2)oc2cc(S(C)(=O)=O)c(OC(C)C)c(N)c12. The monoisotopic (exact) mass is 435 g/mol. The third-order valence-electron chi connectivity index (χ3n) is 4.27. The van der Waals surface area contributed by atoms with Gasteiger partial charge in [0.15, 0.2) is 15.6 Å². The molecular weight excluding hydrogens is 413 g/mol. The molecule has 0 spiro atoms. The van der Waals surface area contributed by atoms with Gasteiger partial charge in [0.05, 0.1) is 23.8 Å². The molecule has 7 nitrogen and oxygen atoms in total. The molecule has 0 saturated heterocycles. The summed E-state index contributed by atoms with van der Waals surface area (Å²) in [5.41, 5.74) is 6.74. The second kappa shape index (κ2) is 7.98. The summed E-state index contributed by atoms with van der Waals surface area (Å²) in [5, 5.41) is 0.177. The Morgan fingerprint density at radius 3 is 2.40 bits per heavy atom. The average Bonchev–Trinajstić information content (AvgIpc) is 3.03. The number of esters is 1. The van der Waals surface area contributed by atoms with Gasteiger partial charge in [0, 0.05) is 17.9 Å². The highest BCUT2D eigenvalue weighted by molar-refractivity contribution is 7.90. The summed E-state index contributed by atoms with van der Waals surface area (Å²) in [6.07, 6.45) is 0.649. The largest absolute Gasteiger partial charge is 0.487 e. The number of benzene rings is 2. The normalized spacial score (nSPS) is 11.8. The van der Waals surface area contributed by atoms with E-state index >= 15 is 0 Å². The number of furan rings is 1. The number of halogens is 1. The second-order valence-electron chi connectivity index (χ2n) is 6.96. The van der Waals surface area contributed by atoms with Gasteiger partial charge >= 0.3 is 5.97 Å². The lowest BCUT2D eigenvalue weighted by atomic mass is 10.0. The fourth-order valence-electron chi connectivity index (χ4n) is 3.08. The van der Waals surface area contributed by atoms with Gasteiger partial charge in [0.25, 0.3) is 0 Å².